The van der Waals surface area contributed by atoms with Gasteiger partial charge in [-0.05, 0) is 6.92 Å². The summed E-state index contributed by atoms with van der Waals surface area (Å²) in [5, 5.41) is 19.0. The second kappa shape index (κ2) is 4.34. The summed E-state index contributed by atoms with van der Waals surface area (Å²) in [6.45, 7) is 1.58. The van der Waals surface area contributed by atoms with Gasteiger partial charge in [0.05, 0.1) is 12.0 Å². The second-order valence-electron chi connectivity index (χ2n) is 3.15. The summed E-state index contributed by atoms with van der Waals surface area (Å²) in [6.07, 6.45) is -2.88. The van der Waals surface area contributed by atoms with Gasteiger partial charge in [-0.25, -0.2) is 0 Å². The van der Waals surface area contributed by atoms with E-state index in [9.17, 15) is 10.2 Å². The molecule has 1 heterocycles. The smallest absolute Gasteiger partial charge is 0.186 e. The summed E-state index contributed by atoms with van der Waals surface area (Å²) in [6, 6.07) is 0. The maximum Gasteiger partial charge on any atom is 0.186 e. The quantitative estimate of drug-likeness (QED) is 0.620. The third-order valence-corrected chi connectivity index (χ3v) is 2.28. The minimum Gasteiger partial charge on any atom is -0.393 e. The summed E-state index contributed by atoms with van der Waals surface area (Å²) in [4.78, 5) is 0. The molecule has 1 aliphatic rings. The summed E-state index contributed by atoms with van der Waals surface area (Å²) < 4.78 is 15.0. The molecule has 2 N–H and O–H groups in total. The molecule has 0 aliphatic carbocycles. The molecule has 1 aliphatic heterocycles. The van der Waals surface area contributed by atoms with Crippen LogP contribution in [0.25, 0.3) is 0 Å². The maximum atomic E-state index is 9.63. The molecule has 5 atom stereocenters. The number of aliphatic hydroxyl groups is 2. The van der Waals surface area contributed by atoms with Gasteiger partial charge in [0.2, 0.25) is 0 Å². The van der Waals surface area contributed by atoms with Crippen LogP contribution in [0.15, 0.2) is 0 Å². The van der Waals surface area contributed by atoms with Gasteiger partial charge >= 0.3 is 0 Å². The highest BCUT2D eigenvalue weighted by molar-refractivity contribution is 4.85. The van der Waals surface area contributed by atoms with E-state index in [1.807, 2.05) is 0 Å². The lowest BCUT2D eigenvalue weighted by Crippen LogP contribution is -2.36. The molecule has 0 amide bonds. The molecule has 0 bridgehead atoms. The molecule has 13 heavy (non-hydrogen) atoms. The molecule has 0 aromatic heterocycles. The third kappa shape index (κ3) is 2.00. The molecule has 0 spiro atoms. The first kappa shape index (κ1) is 10.9. The van der Waals surface area contributed by atoms with Crippen molar-refractivity contribution < 1.29 is 24.4 Å². The number of ether oxygens (including phenoxy) is 3. The van der Waals surface area contributed by atoms with Crippen LogP contribution in [0.4, 0.5) is 0 Å². The molecule has 0 radical (unpaired) electrons. The van der Waals surface area contributed by atoms with Crippen molar-refractivity contribution in [2.75, 3.05) is 14.2 Å². The minimum absolute atomic E-state index is 0.463. The van der Waals surface area contributed by atoms with Gasteiger partial charge < -0.3 is 24.4 Å². The minimum atomic E-state index is -0.852. The van der Waals surface area contributed by atoms with Gasteiger partial charge in [0.1, 0.15) is 6.10 Å². The Hall–Kier alpha value is -0.200. The first-order chi connectivity index (χ1) is 6.11. The van der Waals surface area contributed by atoms with Crippen LogP contribution in [0.1, 0.15) is 6.92 Å². The first-order valence-electron chi connectivity index (χ1n) is 4.19. The molecule has 0 saturated carbocycles. The topological polar surface area (TPSA) is 68.2 Å². The lowest BCUT2D eigenvalue weighted by atomic mass is 9.98. The molecule has 78 valence electrons. The highest BCUT2D eigenvalue weighted by atomic mass is 16.8. The summed E-state index contributed by atoms with van der Waals surface area (Å²) >= 11 is 0. The number of hydrogen-bond acceptors (Lipinski definition) is 5. The molecule has 5 nitrogen and oxygen atoms in total. The predicted octanol–water partition coefficient (Wildman–Crippen LogP) is -0.681. The van der Waals surface area contributed by atoms with Crippen molar-refractivity contribution in [3.05, 3.63) is 0 Å². The molecule has 1 rings (SSSR count). The van der Waals surface area contributed by atoms with Crippen molar-refractivity contribution in [1.29, 1.82) is 0 Å². The molecule has 5 heteroatoms. The average molecular weight is 192 g/mol. The Bertz CT molecular complexity index is 159. The van der Waals surface area contributed by atoms with Crippen LogP contribution in [-0.4, -0.2) is 49.2 Å². The van der Waals surface area contributed by atoms with Crippen molar-refractivity contribution >= 4 is 0 Å². The molecule has 0 unspecified atom stereocenters. The lowest BCUT2D eigenvalue weighted by molar-refractivity contribution is -0.204. The van der Waals surface area contributed by atoms with Crippen molar-refractivity contribution in [3.8, 4) is 0 Å². The predicted molar refractivity (Wildman–Crippen MR) is 43.9 cm³/mol. The van der Waals surface area contributed by atoms with E-state index in [4.69, 9.17) is 14.2 Å². The van der Waals surface area contributed by atoms with Crippen LogP contribution in [0.5, 0.6) is 0 Å². The molecule has 1 fully saturated rings. The van der Waals surface area contributed by atoms with Gasteiger partial charge in [0.25, 0.3) is 0 Å². The highest BCUT2D eigenvalue weighted by Crippen LogP contribution is 2.30. The lowest BCUT2D eigenvalue weighted by Gasteiger charge is -2.20. The van der Waals surface area contributed by atoms with Gasteiger partial charge in [-0.2, -0.15) is 0 Å². The zero-order chi connectivity index (χ0) is 10.0. The standard InChI is InChI=1S/C8H16O5/c1-4(9)5-6(10)8(12-3)13-7(5)11-2/h4-10H,1-3H3/t4-,5+,6-,7-,8-/m1/s1. The van der Waals surface area contributed by atoms with E-state index in [1.54, 1.807) is 6.92 Å². The second-order valence-corrected chi connectivity index (χ2v) is 3.15. The van der Waals surface area contributed by atoms with Crippen molar-refractivity contribution in [2.24, 2.45) is 5.92 Å². The van der Waals surface area contributed by atoms with Crippen LogP contribution in [0, 0.1) is 5.92 Å². The Morgan fingerprint density at radius 1 is 1.23 bits per heavy atom. The van der Waals surface area contributed by atoms with Crippen molar-refractivity contribution in [3.63, 3.8) is 0 Å². The summed E-state index contributed by atoms with van der Waals surface area (Å²) in [7, 11) is 2.90. The molecular weight excluding hydrogens is 176 g/mol. The third-order valence-electron chi connectivity index (χ3n) is 2.28. The van der Waals surface area contributed by atoms with Crippen molar-refractivity contribution in [2.45, 2.75) is 31.7 Å². The van der Waals surface area contributed by atoms with E-state index in [0.717, 1.165) is 0 Å². The Kier molecular flexibility index (Phi) is 3.63. The van der Waals surface area contributed by atoms with E-state index in [-0.39, 0.29) is 0 Å². The summed E-state index contributed by atoms with van der Waals surface area (Å²) in [5.74, 6) is -0.463. The van der Waals surface area contributed by atoms with Crippen LogP contribution in [-0.2, 0) is 14.2 Å². The van der Waals surface area contributed by atoms with E-state index in [1.165, 1.54) is 14.2 Å². The summed E-state index contributed by atoms with van der Waals surface area (Å²) in [5.41, 5.74) is 0. The fourth-order valence-corrected chi connectivity index (χ4v) is 1.57. The van der Waals surface area contributed by atoms with Gasteiger partial charge in [-0.3, -0.25) is 0 Å². The van der Waals surface area contributed by atoms with Crippen molar-refractivity contribution in [1.82, 2.24) is 0 Å². The Morgan fingerprint density at radius 2 is 1.77 bits per heavy atom. The largest absolute Gasteiger partial charge is 0.393 e. The van der Waals surface area contributed by atoms with Crippen LogP contribution >= 0.6 is 0 Å². The maximum absolute atomic E-state index is 9.63. The first-order valence-corrected chi connectivity index (χ1v) is 4.19. The molecule has 1 saturated heterocycles. The normalized spacial score (nSPS) is 42.2. The average Bonchev–Trinajstić information content (AvgIpc) is 2.41. The number of aliphatic hydroxyl groups excluding tert-OH is 2. The monoisotopic (exact) mass is 192 g/mol. The zero-order valence-electron chi connectivity index (χ0n) is 8.01. The van der Waals surface area contributed by atoms with E-state index < -0.39 is 30.7 Å². The van der Waals surface area contributed by atoms with E-state index in [2.05, 4.69) is 0 Å². The van der Waals surface area contributed by atoms with Gasteiger partial charge in [0, 0.05) is 14.2 Å². The fourth-order valence-electron chi connectivity index (χ4n) is 1.57. The number of rotatable bonds is 3. The fraction of sp³-hybridized carbons (Fsp3) is 1.00. The van der Waals surface area contributed by atoms with Gasteiger partial charge in [0.15, 0.2) is 12.6 Å². The van der Waals surface area contributed by atoms with E-state index >= 15 is 0 Å². The number of hydrogen-bond donors (Lipinski definition) is 2. The SMILES string of the molecule is CO[C@@H]1O[C@@H](OC)[C@@H]([C@@H](C)O)[C@H]1O. The van der Waals surface area contributed by atoms with Gasteiger partial charge in [-0.1, -0.05) is 0 Å². The van der Waals surface area contributed by atoms with Crippen LogP contribution < -0.4 is 0 Å². The zero-order valence-corrected chi connectivity index (χ0v) is 8.01. The van der Waals surface area contributed by atoms with Crippen LogP contribution in [0.3, 0.4) is 0 Å². The molecule has 0 aromatic carbocycles. The highest BCUT2D eigenvalue weighted by Gasteiger charge is 2.46. The van der Waals surface area contributed by atoms with Gasteiger partial charge in [-0.15, -0.1) is 0 Å². The van der Waals surface area contributed by atoms with Crippen LogP contribution in [0.2, 0.25) is 0 Å². The van der Waals surface area contributed by atoms with E-state index in [0.29, 0.717) is 0 Å². The number of methoxy groups -OCH3 is 2. The molecule has 0 aromatic rings. The molecular formula is C8H16O5. The Labute approximate surface area is 77.2 Å². The Morgan fingerprint density at radius 3 is 2.08 bits per heavy atom. The Balaban J connectivity index is 2.68.